The van der Waals surface area contributed by atoms with Crippen LogP contribution in [0.5, 0.6) is 0 Å². The summed E-state index contributed by atoms with van der Waals surface area (Å²) in [5, 5.41) is 11.9. The molecule has 0 heterocycles. The van der Waals surface area contributed by atoms with E-state index in [1.807, 2.05) is 7.05 Å². The van der Waals surface area contributed by atoms with E-state index in [4.69, 9.17) is 9.84 Å². The lowest BCUT2D eigenvalue weighted by Gasteiger charge is -2.19. The summed E-state index contributed by atoms with van der Waals surface area (Å²) in [6.07, 6.45) is 1.35. The smallest absolute Gasteiger partial charge is 0.0645 e. The van der Waals surface area contributed by atoms with Crippen molar-refractivity contribution in [2.45, 2.75) is 39.3 Å². The molecular formula is C10H23NO2. The quantitative estimate of drug-likeness (QED) is 0.628. The summed E-state index contributed by atoms with van der Waals surface area (Å²) in [6, 6.07) is 0.0645. The van der Waals surface area contributed by atoms with Crippen LogP contribution < -0.4 is 5.32 Å². The van der Waals surface area contributed by atoms with E-state index >= 15 is 0 Å². The van der Waals surface area contributed by atoms with Crippen molar-refractivity contribution >= 4 is 0 Å². The number of aliphatic hydroxyl groups excluding tert-OH is 1. The molecule has 2 N–H and O–H groups in total. The van der Waals surface area contributed by atoms with Gasteiger partial charge in [0.25, 0.3) is 0 Å². The van der Waals surface area contributed by atoms with Crippen molar-refractivity contribution in [3.05, 3.63) is 0 Å². The molecule has 0 aromatic carbocycles. The molecule has 0 fully saturated rings. The Bertz CT molecular complexity index is 113. The van der Waals surface area contributed by atoms with E-state index in [-0.39, 0.29) is 18.8 Å². The zero-order chi connectivity index (χ0) is 10.3. The molecule has 13 heavy (non-hydrogen) atoms. The predicted molar refractivity (Wildman–Crippen MR) is 54.8 cm³/mol. The summed E-state index contributed by atoms with van der Waals surface area (Å²) in [4.78, 5) is 0. The Labute approximate surface area is 81.5 Å². The van der Waals surface area contributed by atoms with E-state index in [0.29, 0.717) is 12.5 Å². The maximum Gasteiger partial charge on any atom is 0.0645 e. The number of likely N-dealkylation sites (N-methyl/N-ethyl adjacent to an activating group) is 1. The first-order valence-corrected chi connectivity index (χ1v) is 4.99. The van der Waals surface area contributed by atoms with Crippen LogP contribution in [-0.2, 0) is 4.74 Å². The minimum absolute atomic E-state index is 0.0645. The standard InChI is InChI=1S/C10H23NO2/c1-8(2)5-9(3)13-7-10(6-12)11-4/h8-12H,5-7H2,1-4H3. The highest BCUT2D eigenvalue weighted by molar-refractivity contribution is 4.62. The van der Waals surface area contributed by atoms with E-state index in [9.17, 15) is 0 Å². The van der Waals surface area contributed by atoms with Crippen LogP contribution in [0.25, 0.3) is 0 Å². The molecule has 0 saturated carbocycles. The van der Waals surface area contributed by atoms with Crippen molar-refractivity contribution in [1.82, 2.24) is 5.32 Å². The second kappa shape index (κ2) is 7.30. The van der Waals surface area contributed by atoms with Gasteiger partial charge in [0.1, 0.15) is 0 Å². The van der Waals surface area contributed by atoms with E-state index in [1.165, 1.54) is 0 Å². The third-order valence-corrected chi connectivity index (χ3v) is 2.01. The average molecular weight is 189 g/mol. The molecule has 80 valence electrons. The normalized spacial score (nSPS) is 16.2. The number of rotatable bonds is 7. The van der Waals surface area contributed by atoms with Gasteiger partial charge in [-0.05, 0) is 26.3 Å². The molecule has 0 rings (SSSR count). The number of aliphatic hydroxyl groups is 1. The van der Waals surface area contributed by atoms with Gasteiger partial charge in [-0.3, -0.25) is 0 Å². The Balaban J connectivity index is 3.49. The fourth-order valence-corrected chi connectivity index (χ4v) is 1.24. The van der Waals surface area contributed by atoms with E-state index in [0.717, 1.165) is 6.42 Å². The first-order valence-electron chi connectivity index (χ1n) is 4.99. The Morgan fingerprint density at radius 3 is 2.31 bits per heavy atom. The van der Waals surface area contributed by atoms with Crippen LogP contribution in [0.15, 0.2) is 0 Å². The van der Waals surface area contributed by atoms with Gasteiger partial charge in [-0.15, -0.1) is 0 Å². The van der Waals surface area contributed by atoms with Gasteiger partial charge in [0.05, 0.1) is 25.4 Å². The summed E-state index contributed by atoms with van der Waals surface area (Å²) in [7, 11) is 1.83. The summed E-state index contributed by atoms with van der Waals surface area (Å²) in [6.45, 7) is 7.15. The van der Waals surface area contributed by atoms with Gasteiger partial charge in [0.2, 0.25) is 0 Å². The number of nitrogens with one attached hydrogen (secondary N) is 1. The largest absolute Gasteiger partial charge is 0.395 e. The zero-order valence-corrected chi connectivity index (χ0v) is 9.21. The highest BCUT2D eigenvalue weighted by atomic mass is 16.5. The Morgan fingerprint density at radius 1 is 1.31 bits per heavy atom. The Morgan fingerprint density at radius 2 is 1.92 bits per heavy atom. The minimum atomic E-state index is 0.0645. The van der Waals surface area contributed by atoms with Gasteiger partial charge in [0, 0.05) is 0 Å². The molecule has 0 radical (unpaired) electrons. The lowest BCUT2D eigenvalue weighted by molar-refractivity contribution is 0.0280. The summed E-state index contributed by atoms with van der Waals surface area (Å²) < 4.78 is 5.57. The third kappa shape index (κ3) is 6.99. The molecule has 0 aliphatic rings. The molecule has 0 aliphatic carbocycles. The van der Waals surface area contributed by atoms with Crippen molar-refractivity contribution in [3.8, 4) is 0 Å². The van der Waals surface area contributed by atoms with Gasteiger partial charge in [0.15, 0.2) is 0 Å². The first kappa shape index (κ1) is 12.9. The van der Waals surface area contributed by atoms with Crippen LogP contribution in [0.2, 0.25) is 0 Å². The Hall–Kier alpha value is -0.120. The molecular weight excluding hydrogens is 166 g/mol. The van der Waals surface area contributed by atoms with Crippen LogP contribution in [0.1, 0.15) is 27.2 Å². The van der Waals surface area contributed by atoms with Gasteiger partial charge < -0.3 is 15.2 Å². The molecule has 0 aromatic rings. The van der Waals surface area contributed by atoms with Crippen molar-refractivity contribution in [3.63, 3.8) is 0 Å². The fraction of sp³-hybridized carbons (Fsp3) is 1.00. The monoisotopic (exact) mass is 189 g/mol. The first-order chi connectivity index (χ1) is 6.10. The van der Waals surface area contributed by atoms with Crippen molar-refractivity contribution in [2.24, 2.45) is 5.92 Å². The lowest BCUT2D eigenvalue weighted by atomic mass is 10.1. The number of hydrogen-bond acceptors (Lipinski definition) is 3. The minimum Gasteiger partial charge on any atom is -0.395 e. The molecule has 3 nitrogen and oxygen atoms in total. The predicted octanol–water partition coefficient (Wildman–Crippen LogP) is 1.02. The van der Waals surface area contributed by atoms with E-state index in [1.54, 1.807) is 0 Å². The highest BCUT2D eigenvalue weighted by Crippen LogP contribution is 2.07. The summed E-state index contributed by atoms with van der Waals surface area (Å²) in [5.74, 6) is 0.664. The number of ether oxygens (including phenoxy) is 1. The molecule has 2 atom stereocenters. The molecule has 0 spiro atoms. The van der Waals surface area contributed by atoms with Crippen molar-refractivity contribution in [1.29, 1.82) is 0 Å². The highest BCUT2D eigenvalue weighted by Gasteiger charge is 2.09. The average Bonchev–Trinajstić information content (AvgIpc) is 2.05. The van der Waals surface area contributed by atoms with Crippen LogP contribution in [0.4, 0.5) is 0 Å². The fourth-order valence-electron chi connectivity index (χ4n) is 1.24. The van der Waals surface area contributed by atoms with E-state index in [2.05, 4.69) is 26.1 Å². The molecule has 0 saturated heterocycles. The van der Waals surface area contributed by atoms with E-state index < -0.39 is 0 Å². The zero-order valence-electron chi connectivity index (χ0n) is 9.21. The third-order valence-electron chi connectivity index (χ3n) is 2.01. The summed E-state index contributed by atoms with van der Waals surface area (Å²) >= 11 is 0. The Kier molecular flexibility index (Phi) is 7.23. The molecule has 0 bridgehead atoms. The maximum absolute atomic E-state index is 8.88. The SMILES string of the molecule is CNC(CO)COC(C)CC(C)C. The number of hydrogen-bond donors (Lipinski definition) is 2. The van der Waals surface area contributed by atoms with Gasteiger partial charge >= 0.3 is 0 Å². The van der Waals surface area contributed by atoms with Crippen LogP contribution in [0, 0.1) is 5.92 Å². The molecule has 0 aromatic heterocycles. The van der Waals surface area contributed by atoms with Crippen molar-refractivity contribution < 1.29 is 9.84 Å². The van der Waals surface area contributed by atoms with Crippen molar-refractivity contribution in [2.75, 3.05) is 20.3 Å². The second-order valence-corrected chi connectivity index (χ2v) is 3.94. The van der Waals surface area contributed by atoms with Gasteiger partial charge in [-0.2, -0.15) is 0 Å². The molecule has 2 unspecified atom stereocenters. The van der Waals surface area contributed by atoms with Crippen LogP contribution in [0.3, 0.4) is 0 Å². The summed E-state index contributed by atoms with van der Waals surface area (Å²) in [5.41, 5.74) is 0. The second-order valence-electron chi connectivity index (χ2n) is 3.94. The molecule has 3 heteroatoms. The molecule has 0 aliphatic heterocycles. The molecule has 0 amide bonds. The topological polar surface area (TPSA) is 41.5 Å². The maximum atomic E-state index is 8.88. The lowest BCUT2D eigenvalue weighted by Crippen LogP contribution is -2.35. The van der Waals surface area contributed by atoms with Crippen LogP contribution >= 0.6 is 0 Å². The van der Waals surface area contributed by atoms with Gasteiger partial charge in [-0.1, -0.05) is 13.8 Å². The van der Waals surface area contributed by atoms with Gasteiger partial charge in [-0.25, -0.2) is 0 Å². The van der Waals surface area contributed by atoms with Crippen LogP contribution in [-0.4, -0.2) is 37.5 Å².